The zero-order chi connectivity index (χ0) is 20.6. The molecule has 0 saturated carbocycles. The van der Waals surface area contributed by atoms with Crippen molar-refractivity contribution in [3.8, 4) is 0 Å². The van der Waals surface area contributed by atoms with Gasteiger partial charge in [0.1, 0.15) is 0 Å². The molecule has 3 N–H and O–H groups in total. The number of aromatic amines is 1. The molecule has 0 spiro atoms. The predicted molar refractivity (Wildman–Crippen MR) is 110 cm³/mol. The van der Waals surface area contributed by atoms with Gasteiger partial charge < -0.3 is 15.4 Å². The van der Waals surface area contributed by atoms with Crippen LogP contribution in [0.15, 0.2) is 53.3 Å². The van der Waals surface area contributed by atoms with Crippen molar-refractivity contribution < 1.29 is 14.3 Å². The van der Waals surface area contributed by atoms with Crippen molar-refractivity contribution in [3.63, 3.8) is 0 Å². The number of para-hydroxylation sites is 1. The van der Waals surface area contributed by atoms with E-state index in [1.807, 2.05) is 6.07 Å². The Morgan fingerprint density at radius 2 is 1.93 bits per heavy atom. The van der Waals surface area contributed by atoms with Gasteiger partial charge in [0, 0.05) is 24.2 Å². The molecular weight excluding hydrogens is 372 g/mol. The largest absolute Gasteiger partial charge is 0.469 e. The van der Waals surface area contributed by atoms with Crippen LogP contribution in [-0.2, 0) is 9.53 Å². The summed E-state index contributed by atoms with van der Waals surface area (Å²) in [7, 11) is 1.36. The third kappa shape index (κ3) is 5.41. The average molecular weight is 394 g/mol. The SMILES string of the molecule is COC(=O)CCCCNC(=O)c1cccc(Nc2nc3ccccc3c(=O)[nH]2)c1. The normalized spacial score (nSPS) is 10.5. The van der Waals surface area contributed by atoms with Crippen molar-refractivity contribution >= 4 is 34.4 Å². The van der Waals surface area contributed by atoms with Crippen molar-refractivity contribution in [2.45, 2.75) is 19.3 Å². The van der Waals surface area contributed by atoms with Gasteiger partial charge in [-0.3, -0.25) is 19.4 Å². The number of nitrogens with zero attached hydrogens (tertiary/aromatic N) is 1. The second-order valence-electron chi connectivity index (χ2n) is 6.43. The van der Waals surface area contributed by atoms with Crippen LogP contribution in [0.4, 0.5) is 11.6 Å². The number of amides is 1. The van der Waals surface area contributed by atoms with E-state index in [4.69, 9.17) is 0 Å². The van der Waals surface area contributed by atoms with Crippen LogP contribution < -0.4 is 16.2 Å². The number of ether oxygens (including phenoxy) is 1. The standard InChI is InChI=1S/C21H22N4O4/c1-29-18(26)11-4-5-12-22-19(27)14-7-6-8-15(13-14)23-21-24-17-10-3-2-9-16(17)20(28)25-21/h2-3,6-10,13H,4-5,11-12H2,1H3,(H,22,27)(H2,23,24,25,28). The molecule has 0 fully saturated rings. The maximum atomic E-state index is 12.3. The number of benzene rings is 2. The molecule has 0 aliphatic heterocycles. The van der Waals surface area contributed by atoms with Crippen LogP contribution in [0.3, 0.4) is 0 Å². The topological polar surface area (TPSA) is 113 Å². The van der Waals surface area contributed by atoms with E-state index in [-0.39, 0.29) is 17.4 Å². The van der Waals surface area contributed by atoms with Crippen molar-refractivity contribution in [1.82, 2.24) is 15.3 Å². The second-order valence-corrected chi connectivity index (χ2v) is 6.43. The molecule has 1 aromatic heterocycles. The summed E-state index contributed by atoms with van der Waals surface area (Å²) < 4.78 is 4.58. The van der Waals surface area contributed by atoms with Gasteiger partial charge in [0.15, 0.2) is 0 Å². The molecule has 8 heteroatoms. The third-order valence-corrected chi connectivity index (χ3v) is 4.32. The first-order valence-corrected chi connectivity index (χ1v) is 9.28. The maximum absolute atomic E-state index is 12.3. The Kier molecular flexibility index (Phi) is 6.57. The van der Waals surface area contributed by atoms with E-state index < -0.39 is 0 Å². The van der Waals surface area contributed by atoms with Crippen LogP contribution in [0.2, 0.25) is 0 Å². The summed E-state index contributed by atoms with van der Waals surface area (Å²) >= 11 is 0. The number of anilines is 2. The number of carbonyl (C=O) groups excluding carboxylic acids is 2. The van der Waals surface area contributed by atoms with E-state index in [0.29, 0.717) is 53.9 Å². The highest BCUT2D eigenvalue weighted by atomic mass is 16.5. The molecule has 0 bridgehead atoms. The molecule has 3 rings (SSSR count). The number of H-pyrrole nitrogens is 1. The molecule has 8 nitrogen and oxygen atoms in total. The van der Waals surface area contributed by atoms with Crippen molar-refractivity contribution in [2.75, 3.05) is 19.0 Å². The van der Waals surface area contributed by atoms with E-state index in [2.05, 4.69) is 25.3 Å². The Balaban J connectivity index is 1.61. The lowest BCUT2D eigenvalue weighted by Gasteiger charge is -2.09. The fraction of sp³-hybridized carbons (Fsp3) is 0.238. The van der Waals surface area contributed by atoms with E-state index in [1.165, 1.54) is 7.11 Å². The summed E-state index contributed by atoms with van der Waals surface area (Å²) in [5.74, 6) is -0.170. The summed E-state index contributed by atoms with van der Waals surface area (Å²) in [6.45, 7) is 0.465. The van der Waals surface area contributed by atoms with Crippen LogP contribution in [0.5, 0.6) is 0 Å². The number of nitrogens with one attached hydrogen (secondary N) is 3. The Bertz CT molecular complexity index is 1080. The lowest BCUT2D eigenvalue weighted by Crippen LogP contribution is -2.24. The minimum Gasteiger partial charge on any atom is -0.469 e. The van der Waals surface area contributed by atoms with Crippen LogP contribution in [0.1, 0.15) is 29.6 Å². The number of hydrogen-bond acceptors (Lipinski definition) is 6. The average Bonchev–Trinajstić information content (AvgIpc) is 2.73. The monoisotopic (exact) mass is 394 g/mol. The first kappa shape index (κ1) is 20.1. The van der Waals surface area contributed by atoms with E-state index in [1.54, 1.807) is 42.5 Å². The quantitative estimate of drug-likeness (QED) is 0.400. The Morgan fingerprint density at radius 1 is 1.10 bits per heavy atom. The van der Waals surface area contributed by atoms with Gasteiger partial charge >= 0.3 is 5.97 Å². The predicted octanol–water partition coefficient (Wildman–Crippen LogP) is 2.74. The molecule has 0 aliphatic rings. The second kappa shape index (κ2) is 9.50. The number of aromatic nitrogens is 2. The number of carbonyl (C=O) groups is 2. The minimum atomic E-state index is -0.254. The molecule has 3 aromatic rings. The zero-order valence-electron chi connectivity index (χ0n) is 16.0. The van der Waals surface area contributed by atoms with E-state index in [0.717, 1.165) is 0 Å². The van der Waals surface area contributed by atoms with Gasteiger partial charge in [0.25, 0.3) is 11.5 Å². The van der Waals surface area contributed by atoms with E-state index in [9.17, 15) is 14.4 Å². The van der Waals surface area contributed by atoms with Gasteiger partial charge in [-0.2, -0.15) is 0 Å². The summed E-state index contributed by atoms with van der Waals surface area (Å²) in [6.07, 6.45) is 1.67. The molecule has 1 amide bonds. The highest BCUT2D eigenvalue weighted by Gasteiger charge is 2.08. The Morgan fingerprint density at radius 3 is 2.76 bits per heavy atom. The molecule has 150 valence electrons. The smallest absolute Gasteiger partial charge is 0.305 e. The number of esters is 1. The molecule has 29 heavy (non-hydrogen) atoms. The molecule has 0 unspecified atom stereocenters. The summed E-state index contributed by atoms with van der Waals surface area (Å²) in [5, 5.41) is 6.36. The van der Waals surface area contributed by atoms with Crippen LogP contribution >= 0.6 is 0 Å². The molecule has 1 heterocycles. The van der Waals surface area contributed by atoms with Crippen molar-refractivity contribution in [2.24, 2.45) is 0 Å². The molecule has 0 saturated heterocycles. The van der Waals surface area contributed by atoms with Crippen molar-refractivity contribution in [1.29, 1.82) is 0 Å². The first-order valence-electron chi connectivity index (χ1n) is 9.28. The molecule has 0 radical (unpaired) electrons. The van der Waals surface area contributed by atoms with Gasteiger partial charge in [0.05, 0.1) is 18.0 Å². The van der Waals surface area contributed by atoms with Gasteiger partial charge in [-0.1, -0.05) is 18.2 Å². The number of hydrogen-bond donors (Lipinski definition) is 3. The highest BCUT2D eigenvalue weighted by Crippen LogP contribution is 2.16. The number of rotatable bonds is 8. The van der Waals surface area contributed by atoms with E-state index >= 15 is 0 Å². The Hall–Kier alpha value is -3.68. The first-order chi connectivity index (χ1) is 14.1. The van der Waals surface area contributed by atoms with Gasteiger partial charge in [-0.05, 0) is 43.2 Å². The highest BCUT2D eigenvalue weighted by molar-refractivity contribution is 5.95. The maximum Gasteiger partial charge on any atom is 0.305 e. The van der Waals surface area contributed by atoms with Crippen LogP contribution in [0.25, 0.3) is 10.9 Å². The minimum absolute atomic E-state index is 0.216. The zero-order valence-corrected chi connectivity index (χ0v) is 16.0. The van der Waals surface area contributed by atoms with Gasteiger partial charge in [0.2, 0.25) is 5.95 Å². The Labute approximate surface area is 167 Å². The van der Waals surface area contributed by atoms with Crippen molar-refractivity contribution in [3.05, 3.63) is 64.4 Å². The number of unbranched alkanes of at least 4 members (excludes halogenated alkanes) is 1. The fourth-order valence-electron chi connectivity index (χ4n) is 2.82. The van der Waals surface area contributed by atoms with Gasteiger partial charge in [-0.15, -0.1) is 0 Å². The third-order valence-electron chi connectivity index (χ3n) is 4.32. The lowest BCUT2D eigenvalue weighted by atomic mass is 10.2. The van der Waals surface area contributed by atoms with Gasteiger partial charge in [-0.25, -0.2) is 4.98 Å². The van der Waals surface area contributed by atoms with Crippen LogP contribution in [-0.4, -0.2) is 35.5 Å². The lowest BCUT2D eigenvalue weighted by molar-refractivity contribution is -0.140. The molecule has 0 aliphatic carbocycles. The molecular formula is C21H22N4O4. The molecule has 0 atom stereocenters. The summed E-state index contributed by atoms with van der Waals surface area (Å²) in [4.78, 5) is 42.6. The van der Waals surface area contributed by atoms with Crippen LogP contribution in [0, 0.1) is 0 Å². The number of fused-ring (bicyclic) bond motifs is 1. The summed E-state index contributed by atoms with van der Waals surface area (Å²) in [6, 6.07) is 14.0. The molecule has 2 aromatic carbocycles. The summed E-state index contributed by atoms with van der Waals surface area (Å²) in [5.41, 5.74) is 1.45. The fourth-order valence-corrected chi connectivity index (χ4v) is 2.82. The number of methoxy groups -OCH3 is 1.